The maximum atomic E-state index is 2.64. The predicted octanol–water partition coefficient (Wildman–Crippen LogP) is 7.23. The third-order valence-electron chi connectivity index (χ3n) is 8.67. The summed E-state index contributed by atoms with van der Waals surface area (Å²) in [5.74, 6) is 1.98. The normalized spacial score (nSPS) is 30.0. The molecule has 2 heteroatoms. The lowest BCUT2D eigenvalue weighted by atomic mass is 9.65. The Morgan fingerprint density at radius 3 is 1.00 bits per heavy atom. The number of likely N-dealkylation sites (tertiary alicyclic amines) is 2. The molecule has 2 aliphatic heterocycles. The molecule has 2 saturated carbocycles. The molecule has 172 valence electrons. The van der Waals surface area contributed by atoms with Crippen LogP contribution in [0.3, 0.4) is 0 Å². The summed E-state index contributed by atoms with van der Waals surface area (Å²) in [6, 6.07) is 0. The van der Waals surface area contributed by atoms with Crippen LogP contribution in [0.15, 0.2) is 0 Å². The van der Waals surface area contributed by atoms with Gasteiger partial charge < -0.3 is 0 Å². The van der Waals surface area contributed by atoms with Crippen LogP contribution < -0.4 is 0 Å². The van der Waals surface area contributed by atoms with E-state index in [0.717, 1.165) is 22.7 Å². The van der Waals surface area contributed by atoms with Gasteiger partial charge >= 0.3 is 0 Å². The SMILES string of the molecule is C.CC1CCC2(CC1)CN(C(C)(C)C)C2.CC1CCC2(CC1)CN(C(C)(C)C)C2. The van der Waals surface area contributed by atoms with E-state index in [2.05, 4.69) is 65.2 Å². The molecular formula is C27H54N2. The molecule has 29 heavy (non-hydrogen) atoms. The van der Waals surface area contributed by atoms with Crippen LogP contribution in [-0.2, 0) is 0 Å². The van der Waals surface area contributed by atoms with Gasteiger partial charge in [-0.1, -0.05) is 47.0 Å². The van der Waals surface area contributed by atoms with Crippen molar-refractivity contribution in [1.29, 1.82) is 0 Å². The summed E-state index contributed by atoms with van der Waals surface area (Å²) in [6.45, 7) is 24.3. The van der Waals surface area contributed by atoms with Gasteiger partial charge in [-0.15, -0.1) is 0 Å². The van der Waals surface area contributed by atoms with E-state index in [1.165, 1.54) is 77.5 Å². The van der Waals surface area contributed by atoms with Crippen molar-refractivity contribution < 1.29 is 0 Å². The predicted molar refractivity (Wildman–Crippen MR) is 130 cm³/mol. The molecule has 4 rings (SSSR count). The lowest BCUT2D eigenvalue weighted by molar-refractivity contribution is -0.0840. The van der Waals surface area contributed by atoms with E-state index in [9.17, 15) is 0 Å². The third-order valence-corrected chi connectivity index (χ3v) is 8.67. The highest BCUT2D eigenvalue weighted by Crippen LogP contribution is 2.48. The maximum absolute atomic E-state index is 2.64. The maximum Gasteiger partial charge on any atom is 0.0125 e. The van der Waals surface area contributed by atoms with Crippen LogP contribution in [0.2, 0.25) is 0 Å². The second-order valence-corrected chi connectivity index (χ2v) is 13.4. The van der Waals surface area contributed by atoms with Gasteiger partial charge in [-0.3, -0.25) is 9.80 Å². The van der Waals surface area contributed by atoms with Gasteiger partial charge in [-0.05, 0) is 89.9 Å². The van der Waals surface area contributed by atoms with Gasteiger partial charge in [0.15, 0.2) is 0 Å². The molecule has 0 aromatic carbocycles. The fourth-order valence-electron chi connectivity index (χ4n) is 5.86. The minimum absolute atomic E-state index is 0. The highest BCUT2D eigenvalue weighted by atomic mass is 15.3. The Balaban J connectivity index is 0.000000200. The van der Waals surface area contributed by atoms with Gasteiger partial charge in [-0.2, -0.15) is 0 Å². The Morgan fingerprint density at radius 1 is 0.552 bits per heavy atom. The van der Waals surface area contributed by atoms with E-state index >= 15 is 0 Å². The molecule has 0 unspecified atom stereocenters. The van der Waals surface area contributed by atoms with Crippen molar-refractivity contribution in [3.63, 3.8) is 0 Å². The molecule has 0 radical (unpaired) electrons. The summed E-state index contributed by atoms with van der Waals surface area (Å²) in [5, 5.41) is 0. The molecule has 2 spiro atoms. The highest BCUT2D eigenvalue weighted by Gasteiger charge is 2.48. The summed E-state index contributed by atoms with van der Waals surface area (Å²) in [7, 11) is 0. The molecule has 0 N–H and O–H groups in total. The monoisotopic (exact) mass is 406 g/mol. The van der Waals surface area contributed by atoms with Gasteiger partial charge in [0.2, 0.25) is 0 Å². The fourth-order valence-corrected chi connectivity index (χ4v) is 5.86. The highest BCUT2D eigenvalue weighted by molar-refractivity contribution is 5.02. The van der Waals surface area contributed by atoms with Crippen LogP contribution in [0, 0.1) is 22.7 Å². The lowest BCUT2D eigenvalue weighted by Gasteiger charge is -2.58. The molecular weight excluding hydrogens is 352 g/mol. The summed E-state index contributed by atoms with van der Waals surface area (Å²) < 4.78 is 0. The zero-order valence-electron chi connectivity index (χ0n) is 20.5. The van der Waals surface area contributed by atoms with Crippen molar-refractivity contribution in [3.05, 3.63) is 0 Å². The van der Waals surface area contributed by atoms with Gasteiger partial charge in [0.1, 0.15) is 0 Å². The van der Waals surface area contributed by atoms with Gasteiger partial charge in [0, 0.05) is 37.3 Å². The van der Waals surface area contributed by atoms with E-state index < -0.39 is 0 Å². The van der Waals surface area contributed by atoms with E-state index in [1.54, 1.807) is 0 Å². The zero-order valence-corrected chi connectivity index (χ0v) is 20.5. The van der Waals surface area contributed by atoms with Gasteiger partial charge in [0.25, 0.3) is 0 Å². The first-order valence-corrected chi connectivity index (χ1v) is 12.3. The van der Waals surface area contributed by atoms with Crippen LogP contribution in [0.1, 0.15) is 114 Å². The summed E-state index contributed by atoms with van der Waals surface area (Å²) in [6.07, 6.45) is 11.8. The molecule has 4 aliphatic rings. The Morgan fingerprint density at radius 2 is 0.793 bits per heavy atom. The largest absolute Gasteiger partial charge is 0.297 e. The topological polar surface area (TPSA) is 6.48 Å². The number of hydrogen-bond acceptors (Lipinski definition) is 2. The minimum atomic E-state index is 0. The average Bonchev–Trinajstić information content (AvgIpc) is 2.51. The van der Waals surface area contributed by atoms with Crippen molar-refractivity contribution in [2.24, 2.45) is 22.7 Å². The van der Waals surface area contributed by atoms with Crippen molar-refractivity contribution >= 4 is 0 Å². The zero-order chi connectivity index (χ0) is 20.8. The third kappa shape index (κ3) is 6.00. The Hall–Kier alpha value is -0.0800. The molecule has 0 atom stereocenters. The molecule has 0 bridgehead atoms. The molecule has 0 amide bonds. The van der Waals surface area contributed by atoms with E-state index in [4.69, 9.17) is 0 Å². The van der Waals surface area contributed by atoms with E-state index in [1.807, 2.05) is 0 Å². The Bertz CT molecular complexity index is 444. The Kier molecular flexibility index (Phi) is 7.65. The van der Waals surface area contributed by atoms with Crippen LogP contribution >= 0.6 is 0 Å². The van der Waals surface area contributed by atoms with E-state index in [-0.39, 0.29) is 7.43 Å². The average molecular weight is 407 g/mol. The van der Waals surface area contributed by atoms with Crippen molar-refractivity contribution in [1.82, 2.24) is 9.80 Å². The minimum Gasteiger partial charge on any atom is -0.297 e. The number of rotatable bonds is 0. The smallest absolute Gasteiger partial charge is 0.0125 e. The molecule has 2 heterocycles. The summed E-state index contributed by atoms with van der Waals surface area (Å²) in [4.78, 5) is 5.28. The summed E-state index contributed by atoms with van der Waals surface area (Å²) >= 11 is 0. The number of nitrogens with zero attached hydrogens (tertiary/aromatic N) is 2. The van der Waals surface area contributed by atoms with Crippen LogP contribution in [-0.4, -0.2) is 47.1 Å². The molecule has 2 saturated heterocycles. The molecule has 2 nitrogen and oxygen atoms in total. The first-order chi connectivity index (χ1) is 12.8. The molecule has 0 aromatic heterocycles. The summed E-state index contributed by atoms with van der Waals surface area (Å²) in [5.41, 5.74) is 2.27. The second-order valence-electron chi connectivity index (χ2n) is 13.4. The Labute approximate surface area is 184 Å². The van der Waals surface area contributed by atoms with Crippen LogP contribution in [0.25, 0.3) is 0 Å². The molecule has 0 aromatic rings. The first kappa shape index (κ1) is 25.2. The quantitative estimate of drug-likeness (QED) is 0.418. The van der Waals surface area contributed by atoms with Crippen molar-refractivity contribution in [3.8, 4) is 0 Å². The second kappa shape index (κ2) is 8.81. The molecule has 4 fully saturated rings. The van der Waals surface area contributed by atoms with E-state index in [0.29, 0.717) is 11.1 Å². The lowest BCUT2D eigenvalue weighted by Crippen LogP contribution is -2.63. The van der Waals surface area contributed by atoms with Crippen LogP contribution in [0.5, 0.6) is 0 Å². The van der Waals surface area contributed by atoms with Crippen LogP contribution in [0.4, 0.5) is 0 Å². The van der Waals surface area contributed by atoms with Crippen molar-refractivity contribution in [2.75, 3.05) is 26.2 Å². The van der Waals surface area contributed by atoms with Gasteiger partial charge in [-0.25, -0.2) is 0 Å². The van der Waals surface area contributed by atoms with Crippen molar-refractivity contribution in [2.45, 2.75) is 125 Å². The first-order valence-electron chi connectivity index (χ1n) is 12.3. The molecule has 2 aliphatic carbocycles. The van der Waals surface area contributed by atoms with Gasteiger partial charge in [0.05, 0.1) is 0 Å². The number of hydrogen-bond donors (Lipinski definition) is 0. The fraction of sp³-hybridized carbons (Fsp3) is 1.00. The standard InChI is InChI=1S/2C13H25N.CH4/c2*1-11-5-7-13(8-6-11)9-14(10-13)12(2,3)4;/h2*11H,5-10H2,1-4H3;1H4.